The molecule has 0 saturated heterocycles. The van der Waals surface area contributed by atoms with Gasteiger partial charge in [-0.15, -0.1) is 0 Å². The Bertz CT molecular complexity index is 646. The zero-order chi connectivity index (χ0) is 14.0. The monoisotopic (exact) mass is 259 g/mol. The first-order valence-electron chi connectivity index (χ1n) is 5.63. The van der Waals surface area contributed by atoms with Crippen molar-refractivity contribution in [2.75, 3.05) is 5.32 Å². The average Bonchev–Trinajstić information content (AvgIpc) is 2.75. The molecule has 2 N–H and O–H groups in total. The third-order valence-electron chi connectivity index (χ3n) is 2.68. The van der Waals surface area contributed by atoms with Gasteiger partial charge in [0.1, 0.15) is 0 Å². The molecule has 2 aromatic rings. The van der Waals surface area contributed by atoms with Gasteiger partial charge in [0.15, 0.2) is 5.69 Å². The van der Waals surface area contributed by atoms with Crippen molar-refractivity contribution in [2.24, 2.45) is 7.05 Å². The number of anilines is 1. The first kappa shape index (κ1) is 12.8. The van der Waals surface area contributed by atoms with Crippen LogP contribution in [-0.2, 0) is 7.05 Å². The molecule has 0 unspecified atom stereocenters. The summed E-state index contributed by atoms with van der Waals surface area (Å²) in [7, 11) is 1.70. The van der Waals surface area contributed by atoms with Gasteiger partial charge in [0.05, 0.1) is 11.3 Å². The van der Waals surface area contributed by atoms with Gasteiger partial charge < -0.3 is 10.4 Å². The molecule has 0 saturated carbocycles. The third kappa shape index (κ3) is 2.62. The number of hydrogen-bond acceptors (Lipinski definition) is 3. The number of nitrogens with zero attached hydrogens (tertiary/aromatic N) is 2. The Morgan fingerprint density at radius 3 is 2.63 bits per heavy atom. The Balaban J connectivity index is 2.31. The van der Waals surface area contributed by atoms with Gasteiger partial charge in [0, 0.05) is 13.2 Å². The lowest BCUT2D eigenvalue weighted by Crippen LogP contribution is -2.16. The van der Waals surface area contributed by atoms with E-state index in [1.54, 1.807) is 44.4 Å². The number of aryl methyl sites for hydroxylation is 2. The van der Waals surface area contributed by atoms with E-state index in [-0.39, 0.29) is 16.9 Å². The Kier molecular flexibility index (Phi) is 3.33. The molecular weight excluding hydrogens is 246 g/mol. The predicted octanol–water partition coefficient (Wildman–Crippen LogP) is 1.68. The van der Waals surface area contributed by atoms with Gasteiger partial charge in [-0.1, -0.05) is 12.1 Å². The fraction of sp³-hybridized carbons (Fsp3) is 0.154. The van der Waals surface area contributed by atoms with Gasteiger partial charge >= 0.3 is 5.97 Å². The third-order valence-corrected chi connectivity index (χ3v) is 2.68. The minimum absolute atomic E-state index is 0.0896. The summed E-state index contributed by atoms with van der Waals surface area (Å²) in [6.45, 7) is 1.68. The van der Waals surface area contributed by atoms with Crippen LogP contribution in [0, 0.1) is 6.92 Å². The van der Waals surface area contributed by atoms with Crippen molar-refractivity contribution in [3.63, 3.8) is 0 Å². The minimum Gasteiger partial charge on any atom is -0.478 e. The summed E-state index contributed by atoms with van der Waals surface area (Å²) in [5.41, 5.74) is 1.18. The largest absolute Gasteiger partial charge is 0.478 e. The number of rotatable bonds is 3. The molecule has 1 amide bonds. The number of carbonyl (C=O) groups is 2. The average molecular weight is 259 g/mol. The summed E-state index contributed by atoms with van der Waals surface area (Å²) in [4.78, 5) is 23.1. The predicted molar refractivity (Wildman–Crippen MR) is 69.3 cm³/mol. The van der Waals surface area contributed by atoms with Crippen LogP contribution in [0.2, 0.25) is 0 Å². The van der Waals surface area contributed by atoms with E-state index < -0.39 is 11.9 Å². The summed E-state index contributed by atoms with van der Waals surface area (Å²) < 4.78 is 1.50. The summed E-state index contributed by atoms with van der Waals surface area (Å²) in [6, 6.07) is 6.48. The second-order valence-corrected chi connectivity index (χ2v) is 4.13. The zero-order valence-corrected chi connectivity index (χ0v) is 10.5. The smallest absolute Gasteiger partial charge is 0.338 e. The second kappa shape index (κ2) is 4.93. The van der Waals surface area contributed by atoms with Gasteiger partial charge in [-0.25, -0.2) is 4.79 Å². The molecule has 1 aromatic carbocycles. The summed E-state index contributed by atoms with van der Waals surface area (Å²) >= 11 is 0. The summed E-state index contributed by atoms with van der Waals surface area (Å²) in [5, 5.41) is 15.7. The molecule has 0 bridgehead atoms. The van der Waals surface area contributed by atoms with E-state index in [0.29, 0.717) is 5.56 Å². The van der Waals surface area contributed by atoms with Crippen LogP contribution in [0.1, 0.15) is 26.4 Å². The van der Waals surface area contributed by atoms with Gasteiger partial charge in [-0.2, -0.15) is 5.10 Å². The molecule has 2 rings (SSSR count). The number of hydrogen-bond donors (Lipinski definition) is 2. The topological polar surface area (TPSA) is 84.2 Å². The van der Waals surface area contributed by atoms with Crippen LogP contribution >= 0.6 is 0 Å². The lowest BCUT2D eigenvalue weighted by Gasteiger charge is -2.09. The van der Waals surface area contributed by atoms with Crippen LogP contribution in [-0.4, -0.2) is 26.8 Å². The van der Waals surface area contributed by atoms with Crippen LogP contribution in [0.4, 0.5) is 5.69 Å². The number of amides is 1. The summed E-state index contributed by atoms with van der Waals surface area (Å²) in [6.07, 6.45) is 1.64. The van der Waals surface area contributed by atoms with Crippen LogP contribution in [0.25, 0.3) is 0 Å². The van der Waals surface area contributed by atoms with Crippen LogP contribution < -0.4 is 5.32 Å². The lowest BCUT2D eigenvalue weighted by atomic mass is 10.1. The Labute approximate surface area is 109 Å². The van der Waals surface area contributed by atoms with E-state index in [1.807, 2.05) is 0 Å². The normalized spacial score (nSPS) is 10.2. The molecule has 0 aliphatic rings. The maximum absolute atomic E-state index is 11.9. The Morgan fingerprint density at radius 2 is 2.05 bits per heavy atom. The van der Waals surface area contributed by atoms with Crippen molar-refractivity contribution in [2.45, 2.75) is 6.92 Å². The van der Waals surface area contributed by atoms with E-state index >= 15 is 0 Å². The molecule has 0 spiro atoms. The fourth-order valence-corrected chi connectivity index (χ4v) is 1.78. The molecule has 19 heavy (non-hydrogen) atoms. The first-order valence-corrected chi connectivity index (χ1v) is 5.63. The molecule has 98 valence electrons. The number of aromatic nitrogens is 2. The maximum Gasteiger partial charge on any atom is 0.338 e. The molecular formula is C13H13N3O3. The molecule has 0 fully saturated rings. The number of aromatic carboxylic acids is 1. The van der Waals surface area contributed by atoms with Crippen LogP contribution in [0.15, 0.2) is 30.5 Å². The highest BCUT2D eigenvalue weighted by molar-refractivity contribution is 6.07. The molecule has 0 atom stereocenters. The van der Waals surface area contributed by atoms with Crippen molar-refractivity contribution in [1.82, 2.24) is 9.78 Å². The number of nitrogens with one attached hydrogen (secondary N) is 1. The number of benzene rings is 1. The highest BCUT2D eigenvalue weighted by atomic mass is 16.4. The van der Waals surface area contributed by atoms with Gasteiger partial charge in [0.2, 0.25) is 0 Å². The molecule has 6 nitrogen and oxygen atoms in total. The Hall–Kier alpha value is -2.63. The number of carboxylic acid groups (broad SMARTS) is 1. The van der Waals surface area contributed by atoms with E-state index in [0.717, 1.165) is 0 Å². The van der Waals surface area contributed by atoms with Crippen LogP contribution in [0.3, 0.4) is 0 Å². The second-order valence-electron chi connectivity index (χ2n) is 4.13. The minimum atomic E-state index is -1.07. The number of carboxylic acids is 1. The van der Waals surface area contributed by atoms with E-state index in [9.17, 15) is 9.59 Å². The van der Waals surface area contributed by atoms with E-state index in [4.69, 9.17) is 5.11 Å². The molecule has 6 heteroatoms. The standard InChI is InChI=1S/C13H13N3O3/c1-8-4-3-5-9(11(8)13(18)19)14-12(17)10-6-7-16(2)15-10/h3-7H,1-2H3,(H,14,17)(H,18,19). The number of carbonyl (C=O) groups excluding carboxylic acids is 1. The molecule has 0 aliphatic heterocycles. The van der Waals surface area contributed by atoms with E-state index in [1.165, 1.54) is 4.68 Å². The fourth-order valence-electron chi connectivity index (χ4n) is 1.78. The van der Waals surface area contributed by atoms with E-state index in [2.05, 4.69) is 10.4 Å². The maximum atomic E-state index is 11.9. The SMILES string of the molecule is Cc1cccc(NC(=O)c2ccn(C)n2)c1C(=O)O. The molecule has 1 aromatic heterocycles. The molecule has 1 heterocycles. The Morgan fingerprint density at radius 1 is 1.32 bits per heavy atom. The van der Waals surface area contributed by atoms with Gasteiger partial charge in [0.25, 0.3) is 5.91 Å². The van der Waals surface area contributed by atoms with Crippen molar-refractivity contribution < 1.29 is 14.7 Å². The van der Waals surface area contributed by atoms with Crippen LogP contribution in [0.5, 0.6) is 0 Å². The van der Waals surface area contributed by atoms with Crippen molar-refractivity contribution in [1.29, 1.82) is 0 Å². The first-order chi connectivity index (χ1) is 8.99. The lowest BCUT2D eigenvalue weighted by molar-refractivity contribution is 0.0697. The molecule has 0 radical (unpaired) electrons. The highest BCUT2D eigenvalue weighted by Crippen LogP contribution is 2.20. The van der Waals surface area contributed by atoms with Crippen molar-refractivity contribution in [3.8, 4) is 0 Å². The molecule has 0 aliphatic carbocycles. The van der Waals surface area contributed by atoms with Gasteiger partial charge in [-0.3, -0.25) is 9.48 Å². The summed E-state index contributed by atoms with van der Waals surface area (Å²) in [5.74, 6) is -1.51. The zero-order valence-electron chi connectivity index (χ0n) is 10.5. The quantitative estimate of drug-likeness (QED) is 0.878. The van der Waals surface area contributed by atoms with Crippen molar-refractivity contribution in [3.05, 3.63) is 47.3 Å². The van der Waals surface area contributed by atoms with Gasteiger partial charge in [-0.05, 0) is 24.6 Å². The van der Waals surface area contributed by atoms with Crippen molar-refractivity contribution >= 4 is 17.6 Å². The highest BCUT2D eigenvalue weighted by Gasteiger charge is 2.16.